The Kier molecular flexibility index (Phi) is 4.76. The highest BCUT2D eigenvalue weighted by Crippen LogP contribution is 2.14. The first-order valence-corrected chi connectivity index (χ1v) is 6.38. The molecule has 4 heteroatoms. The number of nitrogens with one attached hydrogen (secondary N) is 1. The summed E-state index contributed by atoms with van der Waals surface area (Å²) >= 11 is 0. The number of pyridine rings is 1. The van der Waals surface area contributed by atoms with E-state index in [0.717, 1.165) is 45.2 Å². The number of rotatable bonds is 5. The summed E-state index contributed by atoms with van der Waals surface area (Å²) < 4.78 is 5.35. The molecule has 0 spiro atoms. The summed E-state index contributed by atoms with van der Waals surface area (Å²) in [5, 5.41) is 3.41. The van der Waals surface area contributed by atoms with E-state index in [1.807, 2.05) is 6.20 Å². The van der Waals surface area contributed by atoms with Crippen LogP contribution in [-0.4, -0.2) is 37.8 Å². The maximum Gasteiger partial charge on any atom is 0.128 e. The lowest BCUT2D eigenvalue weighted by Gasteiger charge is -2.28. The minimum atomic E-state index is 0.806. The highest BCUT2D eigenvalue weighted by molar-refractivity contribution is 5.41. The molecule has 1 fully saturated rings. The van der Waals surface area contributed by atoms with Crippen LogP contribution in [0.1, 0.15) is 18.9 Å². The van der Waals surface area contributed by atoms with Crippen molar-refractivity contribution in [2.45, 2.75) is 19.9 Å². The van der Waals surface area contributed by atoms with Gasteiger partial charge in [-0.15, -0.1) is 0 Å². The van der Waals surface area contributed by atoms with Crippen LogP contribution in [0, 0.1) is 0 Å². The molecular formula is C13H21N3O. The van der Waals surface area contributed by atoms with Crippen molar-refractivity contribution in [1.82, 2.24) is 10.3 Å². The van der Waals surface area contributed by atoms with Gasteiger partial charge in [0.15, 0.2) is 0 Å². The first-order valence-electron chi connectivity index (χ1n) is 6.38. The minimum Gasteiger partial charge on any atom is -0.378 e. The normalized spacial score (nSPS) is 16.2. The first-order chi connectivity index (χ1) is 8.40. The number of ether oxygens (including phenoxy) is 1. The van der Waals surface area contributed by atoms with Crippen molar-refractivity contribution < 1.29 is 4.74 Å². The summed E-state index contributed by atoms with van der Waals surface area (Å²) in [6, 6.07) is 4.25. The van der Waals surface area contributed by atoms with Crippen LogP contribution < -0.4 is 10.2 Å². The number of anilines is 1. The van der Waals surface area contributed by atoms with E-state index in [0.29, 0.717) is 0 Å². The number of hydrogen-bond acceptors (Lipinski definition) is 4. The molecule has 1 aromatic heterocycles. The van der Waals surface area contributed by atoms with Crippen molar-refractivity contribution in [3.8, 4) is 0 Å². The Morgan fingerprint density at radius 3 is 3.00 bits per heavy atom. The monoisotopic (exact) mass is 235 g/mol. The van der Waals surface area contributed by atoms with Gasteiger partial charge < -0.3 is 15.0 Å². The van der Waals surface area contributed by atoms with Crippen molar-refractivity contribution in [1.29, 1.82) is 0 Å². The maximum atomic E-state index is 5.35. The summed E-state index contributed by atoms with van der Waals surface area (Å²) in [6.45, 7) is 7.67. The van der Waals surface area contributed by atoms with Gasteiger partial charge in [0.05, 0.1) is 13.2 Å². The smallest absolute Gasteiger partial charge is 0.128 e. The molecule has 1 aliphatic heterocycles. The van der Waals surface area contributed by atoms with Crippen molar-refractivity contribution in [3.63, 3.8) is 0 Å². The van der Waals surface area contributed by atoms with Gasteiger partial charge in [-0.1, -0.05) is 6.92 Å². The van der Waals surface area contributed by atoms with Gasteiger partial charge in [0.2, 0.25) is 0 Å². The molecule has 0 saturated carbocycles. The van der Waals surface area contributed by atoms with Gasteiger partial charge in [0.1, 0.15) is 5.82 Å². The second kappa shape index (κ2) is 6.57. The Morgan fingerprint density at radius 2 is 2.24 bits per heavy atom. The largest absolute Gasteiger partial charge is 0.378 e. The second-order valence-electron chi connectivity index (χ2n) is 4.30. The standard InChI is InChI=1S/C13H21N3O/c1-2-4-14-11-12-3-5-15-13(10-12)16-6-8-17-9-7-16/h3,5,10,14H,2,4,6-9,11H2,1H3. The summed E-state index contributed by atoms with van der Waals surface area (Å²) in [6.07, 6.45) is 3.06. The average molecular weight is 235 g/mol. The zero-order valence-corrected chi connectivity index (χ0v) is 10.5. The predicted molar refractivity (Wildman–Crippen MR) is 69.3 cm³/mol. The van der Waals surface area contributed by atoms with E-state index in [2.05, 4.69) is 34.3 Å². The Bertz CT molecular complexity index is 337. The molecule has 94 valence electrons. The van der Waals surface area contributed by atoms with Crippen LogP contribution in [0.4, 0.5) is 5.82 Å². The minimum absolute atomic E-state index is 0.806. The molecule has 2 heterocycles. The molecule has 0 aliphatic carbocycles. The van der Waals surface area contributed by atoms with E-state index in [-0.39, 0.29) is 0 Å². The SMILES string of the molecule is CCCNCc1ccnc(N2CCOCC2)c1. The van der Waals surface area contributed by atoms with E-state index in [4.69, 9.17) is 4.74 Å². The topological polar surface area (TPSA) is 37.4 Å². The fraction of sp³-hybridized carbons (Fsp3) is 0.615. The molecule has 17 heavy (non-hydrogen) atoms. The van der Waals surface area contributed by atoms with Gasteiger partial charge in [-0.05, 0) is 30.7 Å². The van der Waals surface area contributed by atoms with Crippen LogP contribution in [0.2, 0.25) is 0 Å². The highest BCUT2D eigenvalue weighted by Gasteiger charge is 2.12. The molecule has 2 rings (SSSR count). The predicted octanol–water partition coefficient (Wildman–Crippen LogP) is 1.42. The van der Waals surface area contributed by atoms with Gasteiger partial charge in [-0.3, -0.25) is 0 Å². The van der Waals surface area contributed by atoms with Gasteiger partial charge in [-0.2, -0.15) is 0 Å². The Morgan fingerprint density at radius 1 is 1.41 bits per heavy atom. The number of aromatic nitrogens is 1. The Hall–Kier alpha value is -1.13. The number of morpholine rings is 1. The van der Waals surface area contributed by atoms with Crippen LogP contribution >= 0.6 is 0 Å². The zero-order chi connectivity index (χ0) is 11.9. The lowest BCUT2D eigenvalue weighted by atomic mass is 10.2. The molecule has 1 aliphatic rings. The van der Waals surface area contributed by atoms with E-state index in [1.165, 1.54) is 12.0 Å². The third-order valence-electron chi connectivity index (χ3n) is 2.90. The summed E-state index contributed by atoms with van der Waals surface area (Å²) in [4.78, 5) is 6.72. The molecule has 1 N–H and O–H groups in total. The van der Waals surface area contributed by atoms with Crippen molar-refractivity contribution >= 4 is 5.82 Å². The van der Waals surface area contributed by atoms with E-state index in [1.54, 1.807) is 0 Å². The fourth-order valence-electron chi connectivity index (χ4n) is 1.95. The van der Waals surface area contributed by atoms with Gasteiger partial charge >= 0.3 is 0 Å². The van der Waals surface area contributed by atoms with Crippen molar-refractivity contribution in [2.75, 3.05) is 37.7 Å². The third kappa shape index (κ3) is 3.68. The van der Waals surface area contributed by atoms with E-state index < -0.39 is 0 Å². The van der Waals surface area contributed by atoms with Gasteiger partial charge in [0.25, 0.3) is 0 Å². The Labute approximate surface area is 103 Å². The average Bonchev–Trinajstić information content (AvgIpc) is 2.41. The molecule has 0 amide bonds. The fourth-order valence-corrected chi connectivity index (χ4v) is 1.95. The second-order valence-corrected chi connectivity index (χ2v) is 4.30. The third-order valence-corrected chi connectivity index (χ3v) is 2.90. The lowest BCUT2D eigenvalue weighted by Crippen LogP contribution is -2.36. The molecule has 1 aromatic rings. The quantitative estimate of drug-likeness (QED) is 0.783. The maximum absolute atomic E-state index is 5.35. The molecule has 0 atom stereocenters. The lowest BCUT2D eigenvalue weighted by molar-refractivity contribution is 0.122. The van der Waals surface area contributed by atoms with Crippen LogP contribution in [0.3, 0.4) is 0 Å². The van der Waals surface area contributed by atoms with Gasteiger partial charge in [-0.25, -0.2) is 4.98 Å². The van der Waals surface area contributed by atoms with Crippen molar-refractivity contribution in [3.05, 3.63) is 23.9 Å². The molecule has 0 radical (unpaired) electrons. The molecule has 0 bridgehead atoms. The molecule has 0 aromatic carbocycles. The summed E-state index contributed by atoms with van der Waals surface area (Å²) in [5.74, 6) is 1.07. The molecule has 0 unspecified atom stereocenters. The zero-order valence-electron chi connectivity index (χ0n) is 10.5. The molecular weight excluding hydrogens is 214 g/mol. The van der Waals surface area contributed by atoms with Crippen LogP contribution in [0.5, 0.6) is 0 Å². The van der Waals surface area contributed by atoms with E-state index in [9.17, 15) is 0 Å². The van der Waals surface area contributed by atoms with Gasteiger partial charge in [0, 0.05) is 25.8 Å². The highest BCUT2D eigenvalue weighted by atomic mass is 16.5. The van der Waals surface area contributed by atoms with Crippen molar-refractivity contribution in [2.24, 2.45) is 0 Å². The van der Waals surface area contributed by atoms with Crippen LogP contribution in [0.15, 0.2) is 18.3 Å². The number of nitrogens with zero attached hydrogens (tertiary/aromatic N) is 2. The summed E-state index contributed by atoms with van der Waals surface area (Å²) in [7, 11) is 0. The molecule has 1 saturated heterocycles. The van der Waals surface area contributed by atoms with Crippen LogP contribution in [-0.2, 0) is 11.3 Å². The first kappa shape index (κ1) is 12.3. The summed E-state index contributed by atoms with van der Waals surface area (Å²) in [5.41, 5.74) is 1.30. The van der Waals surface area contributed by atoms with E-state index >= 15 is 0 Å². The Balaban J connectivity index is 1.95. The number of hydrogen-bond donors (Lipinski definition) is 1. The van der Waals surface area contributed by atoms with Crippen LogP contribution in [0.25, 0.3) is 0 Å². The molecule has 4 nitrogen and oxygen atoms in total.